The second-order valence-electron chi connectivity index (χ2n) is 1.81. The molecule has 0 saturated heterocycles. The summed E-state index contributed by atoms with van der Waals surface area (Å²) in [7, 11) is 0. The summed E-state index contributed by atoms with van der Waals surface area (Å²) in [5.74, 6) is 0.740. The first-order valence-corrected chi connectivity index (χ1v) is 4.02. The van der Waals surface area contributed by atoms with Gasteiger partial charge in [0.15, 0.2) is 0 Å². The van der Waals surface area contributed by atoms with Gasteiger partial charge < -0.3 is 0 Å². The van der Waals surface area contributed by atoms with Crippen molar-refractivity contribution in [2.24, 2.45) is 4.99 Å². The zero-order valence-electron chi connectivity index (χ0n) is 5.66. The second kappa shape index (κ2) is 4.12. The Labute approximate surface area is 65.2 Å². The highest BCUT2D eigenvalue weighted by molar-refractivity contribution is 7.99. The standard InChI is InChI=1S/C8H9NS/c1-9-7-10-8-5-3-2-4-6-8/h2-6H,1,7H2. The SMILES string of the molecule is C=NCSc1ccccc1. The minimum absolute atomic E-state index is 0.740. The minimum atomic E-state index is 0.740. The number of aliphatic imine (C=N–C) groups is 1. The molecule has 0 fully saturated rings. The van der Waals surface area contributed by atoms with Gasteiger partial charge in [-0.2, -0.15) is 0 Å². The van der Waals surface area contributed by atoms with Crippen LogP contribution in [0.4, 0.5) is 0 Å². The van der Waals surface area contributed by atoms with E-state index in [1.165, 1.54) is 4.90 Å². The second-order valence-corrected chi connectivity index (χ2v) is 2.83. The van der Waals surface area contributed by atoms with Crippen LogP contribution in [-0.2, 0) is 0 Å². The summed E-state index contributed by atoms with van der Waals surface area (Å²) < 4.78 is 0. The molecule has 0 amide bonds. The van der Waals surface area contributed by atoms with E-state index in [1.807, 2.05) is 18.2 Å². The average molecular weight is 151 g/mol. The summed E-state index contributed by atoms with van der Waals surface area (Å²) in [6, 6.07) is 10.2. The van der Waals surface area contributed by atoms with Crippen LogP contribution in [0.1, 0.15) is 0 Å². The van der Waals surface area contributed by atoms with Crippen LogP contribution in [0.5, 0.6) is 0 Å². The molecule has 2 heteroatoms. The van der Waals surface area contributed by atoms with Crippen molar-refractivity contribution < 1.29 is 0 Å². The number of rotatable bonds is 3. The molecule has 1 nitrogen and oxygen atoms in total. The first-order chi connectivity index (χ1) is 4.93. The topological polar surface area (TPSA) is 12.4 Å². The fourth-order valence-corrected chi connectivity index (χ4v) is 1.23. The van der Waals surface area contributed by atoms with Crippen LogP contribution in [0.3, 0.4) is 0 Å². The first-order valence-electron chi connectivity index (χ1n) is 3.04. The van der Waals surface area contributed by atoms with Gasteiger partial charge in [-0.05, 0) is 18.9 Å². The lowest BCUT2D eigenvalue weighted by Gasteiger charge is -1.94. The van der Waals surface area contributed by atoms with E-state index < -0.39 is 0 Å². The van der Waals surface area contributed by atoms with Gasteiger partial charge in [-0.3, -0.25) is 4.99 Å². The first kappa shape index (κ1) is 7.35. The van der Waals surface area contributed by atoms with E-state index in [0.29, 0.717) is 0 Å². The van der Waals surface area contributed by atoms with Crippen LogP contribution in [0.25, 0.3) is 0 Å². The van der Waals surface area contributed by atoms with Gasteiger partial charge in [0.2, 0.25) is 0 Å². The van der Waals surface area contributed by atoms with Crippen molar-refractivity contribution in [3.63, 3.8) is 0 Å². The third kappa shape index (κ3) is 2.23. The van der Waals surface area contributed by atoms with Gasteiger partial charge in [0.05, 0.1) is 5.88 Å². The van der Waals surface area contributed by atoms with Crippen molar-refractivity contribution in [2.75, 3.05) is 5.88 Å². The van der Waals surface area contributed by atoms with Gasteiger partial charge in [0, 0.05) is 4.90 Å². The highest BCUT2D eigenvalue weighted by Crippen LogP contribution is 2.15. The molecule has 1 aromatic carbocycles. The Morgan fingerprint density at radius 2 is 2.00 bits per heavy atom. The van der Waals surface area contributed by atoms with Crippen LogP contribution in [0.2, 0.25) is 0 Å². The summed E-state index contributed by atoms with van der Waals surface area (Å²) in [4.78, 5) is 4.99. The highest BCUT2D eigenvalue weighted by Gasteiger charge is 1.86. The molecule has 0 atom stereocenters. The molecule has 0 radical (unpaired) electrons. The molecule has 0 heterocycles. The molecule has 0 spiro atoms. The number of thioether (sulfide) groups is 1. The van der Waals surface area contributed by atoms with Gasteiger partial charge >= 0.3 is 0 Å². The van der Waals surface area contributed by atoms with Crippen LogP contribution < -0.4 is 0 Å². The molecule has 1 rings (SSSR count). The highest BCUT2D eigenvalue weighted by atomic mass is 32.2. The quantitative estimate of drug-likeness (QED) is 0.477. The Hall–Kier alpha value is -0.760. The molecular weight excluding hydrogens is 142 g/mol. The molecule has 0 N–H and O–H groups in total. The average Bonchev–Trinajstić information content (AvgIpc) is 2.03. The Bertz CT molecular complexity index is 196. The van der Waals surface area contributed by atoms with Crippen molar-refractivity contribution in [1.29, 1.82) is 0 Å². The van der Waals surface area contributed by atoms with Crippen molar-refractivity contribution in [2.45, 2.75) is 4.90 Å². The molecule has 0 unspecified atom stereocenters. The van der Waals surface area contributed by atoms with Crippen molar-refractivity contribution in [3.8, 4) is 0 Å². The lowest BCUT2D eigenvalue weighted by molar-refractivity contribution is 1.38. The van der Waals surface area contributed by atoms with Crippen molar-refractivity contribution in [1.82, 2.24) is 0 Å². The lowest BCUT2D eigenvalue weighted by atomic mass is 10.4. The van der Waals surface area contributed by atoms with Crippen LogP contribution >= 0.6 is 11.8 Å². The van der Waals surface area contributed by atoms with E-state index in [1.54, 1.807) is 11.8 Å². The van der Waals surface area contributed by atoms with Gasteiger partial charge in [0.1, 0.15) is 0 Å². The maximum absolute atomic E-state index is 3.74. The minimum Gasteiger partial charge on any atom is -0.290 e. The normalized spacial score (nSPS) is 9.20. The number of hydrogen-bond acceptors (Lipinski definition) is 2. The van der Waals surface area contributed by atoms with E-state index >= 15 is 0 Å². The smallest absolute Gasteiger partial charge is 0.0882 e. The Balaban J connectivity index is 2.50. The van der Waals surface area contributed by atoms with E-state index in [4.69, 9.17) is 0 Å². The summed E-state index contributed by atoms with van der Waals surface area (Å²) in [5.41, 5.74) is 0. The molecule has 1 aromatic rings. The molecule has 52 valence electrons. The monoisotopic (exact) mass is 151 g/mol. The molecule has 0 aliphatic rings. The summed E-state index contributed by atoms with van der Waals surface area (Å²) in [6.07, 6.45) is 0. The number of nitrogens with zero attached hydrogens (tertiary/aromatic N) is 1. The van der Waals surface area contributed by atoms with Crippen LogP contribution in [-0.4, -0.2) is 12.6 Å². The molecule has 0 saturated carbocycles. The Morgan fingerprint density at radius 3 is 2.60 bits per heavy atom. The fourth-order valence-electron chi connectivity index (χ4n) is 0.637. The van der Waals surface area contributed by atoms with E-state index in [0.717, 1.165) is 5.88 Å². The lowest BCUT2D eigenvalue weighted by Crippen LogP contribution is -1.70. The molecule has 0 bridgehead atoms. The Morgan fingerprint density at radius 1 is 1.30 bits per heavy atom. The molecule has 0 aromatic heterocycles. The number of benzene rings is 1. The van der Waals surface area contributed by atoms with E-state index in [9.17, 15) is 0 Å². The Kier molecular flexibility index (Phi) is 3.03. The molecule has 10 heavy (non-hydrogen) atoms. The third-order valence-corrected chi connectivity index (χ3v) is 1.98. The van der Waals surface area contributed by atoms with Crippen molar-refractivity contribution >= 4 is 18.5 Å². The number of hydrogen-bond donors (Lipinski definition) is 0. The van der Waals surface area contributed by atoms with Crippen LogP contribution in [0.15, 0.2) is 40.2 Å². The fraction of sp³-hybridized carbons (Fsp3) is 0.125. The van der Waals surface area contributed by atoms with Gasteiger partial charge in [0.25, 0.3) is 0 Å². The maximum Gasteiger partial charge on any atom is 0.0882 e. The molecule has 0 aliphatic heterocycles. The largest absolute Gasteiger partial charge is 0.290 e. The molecular formula is C8H9NS. The third-order valence-electron chi connectivity index (χ3n) is 1.07. The zero-order valence-corrected chi connectivity index (χ0v) is 6.47. The maximum atomic E-state index is 3.74. The van der Waals surface area contributed by atoms with Gasteiger partial charge in [-0.1, -0.05) is 18.2 Å². The predicted molar refractivity (Wildman–Crippen MR) is 46.7 cm³/mol. The summed E-state index contributed by atoms with van der Waals surface area (Å²) >= 11 is 1.69. The van der Waals surface area contributed by atoms with Gasteiger partial charge in [-0.15, -0.1) is 11.8 Å². The zero-order chi connectivity index (χ0) is 7.23. The van der Waals surface area contributed by atoms with Crippen molar-refractivity contribution in [3.05, 3.63) is 30.3 Å². The van der Waals surface area contributed by atoms with Crippen LogP contribution in [0, 0.1) is 0 Å². The van der Waals surface area contributed by atoms with E-state index in [2.05, 4.69) is 23.8 Å². The molecule has 0 aliphatic carbocycles. The summed E-state index contributed by atoms with van der Waals surface area (Å²) in [6.45, 7) is 3.40. The predicted octanol–water partition coefficient (Wildman–Crippen LogP) is 2.44. The van der Waals surface area contributed by atoms with E-state index in [-0.39, 0.29) is 0 Å². The summed E-state index contributed by atoms with van der Waals surface area (Å²) in [5, 5.41) is 0. The van der Waals surface area contributed by atoms with Gasteiger partial charge in [-0.25, -0.2) is 0 Å².